The number of nitrogen functional groups attached to an aromatic ring is 1. The van der Waals surface area contributed by atoms with Crippen LogP contribution in [0.15, 0.2) is 36.7 Å². The number of aromatic amines is 1. The quantitative estimate of drug-likeness (QED) is 0.442. The van der Waals surface area contributed by atoms with E-state index in [-0.39, 0.29) is 11.9 Å². The number of imidazole rings is 1. The maximum Gasteiger partial charge on any atom is 0.311 e. The standard InChI is InChI=1S/C23H24ClN5O2/c1-23(22(30)31-2)8-6-13(7-9-23)21-28-18(19-20(25)26-10-11-29(19)21)16-12-14-4-3-5-15(24)17(14)27-16/h3-5,10-13,27H,6-9H2,1-2H3,(H2,25,26). The van der Waals surface area contributed by atoms with Crippen LogP contribution >= 0.6 is 11.6 Å². The summed E-state index contributed by atoms with van der Waals surface area (Å²) in [6.45, 7) is 1.99. The van der Waals surface area contributed by atoms with Gasteiger partial charge in [0.25, 0.3) is 0 Å². The summed E-state index contributed by atoms with van der Waals surface area (Å²) in [5.74, 6) is 1.45. The molecule has 31 heavy (non-hydrogen) atoms. The number of esters is 1. The first-order chi connectivity index (χ1) is 14.9. The number of aromatic nitrogens is 4. The lowest BCUT2D eigenvalue weighted by atomic mass is 9.71. The van der Waals surface area contributed by atoms with Crippen molar-refractivity contribution in [1.82, 2.24) is 19.4 Å². The van der Waals surface area contributed by atoms with Gasteiger partial charge in [-0.3, -0.25) is 9.20 Å². The maximum atomic E-state index is 12.2. The second kappa shape index (κ2) is 7.27. The summed E-state index contributed by atoms with van der Waals surface area (Å²) in [5.41, 5.74) is 9.11. The summed E-state index contributed by atoms with van der Waals surface area (Å²) in [6, 6.07) is 7.83. The van der Waals surface area contributed by atoms with Crippen molar-refractivity contribution in [3.63, 3.8) is 0 Å². The summed E-state index contributed by atoms with van der Waals surface area (Å²) in [5, 5.41) is 1.67. The first-order valence-corrected chi connectivity index (χ1v) is 10.8. The van der Waals surface area contributed by atoms with Crippen molar-refractivity contribution in [3.8, 4) is 11.4 Å². The van der Waals surface area contributed by atoms with Crippen molar-refractivity contribution in [2.45, 2.75) is 38.5 Å². The number of halogens is 1. The Morgan fingerprint density at radius 1 is 1.35 bits per heavy atom. The van der Waals surface area contributed by atoms with Gasteiger partial charge in [-0.15, -0.1) is 0 Å². The summed E-state index contributed by atoms with van der Waals surface area (Å²) >= 11 is 6.37. The molecule has 7 nitrogen and oxygen atoms in total. The van der Waals surface area contributed by atoms with Crippen LogP contribution in [0.3, 0.4) is 0 Å². The van der Waals surface area contributed by atoms with Crippen LogP contribution in [0.2, 0.25) is 5.02 Å². The zero-order chi connectivity index (χ0) is 21.8. The summed E-state index contributed by atoms with van der Waals surface area (Å²) in [4.78, 5) is 24.9. The van der Waals surface area contributed by atoms with E-state index in [9.17, 15) is 4.79 Å². The summed E-state index contributed by atoms with van der Waals surface area (Å²) < 4.78 is 7.06. The molecule has 0 bridgehead atoms. The van der Waals surface area contributed by atoms with E-state index in [1.54, 1.807) is 6.20 Å². The number of benzene rings is 1. The average molecular weight is 438 g/mol. The highest BCUT2D eigenvalue weighted by Gasteiger charge is 2.40. The van der Waals surface area contributed by atoms with E-state index in [2.05, 4.69) is 9.97 Å². The zero-order valence-corrected chi connectivity index (χ0v) is 18.2. The van der Waals surface area contributed by atoms with Gasteiger partial charge < -0.3 is 15.5 Å². The second-order valence-electron chi connectivity index (χ2n) is 8.56. The minimum Gasteiger partial charge on any atom is -0.469 e. The lowest BCUT2D eigenvalue weighted by molar-refractivity contribution is -0.153. The minimum absolute atomic E-state index is 0.136. The smallest absolute Gasteiger partial charge is 0.311 e. The van der Waals surface area contributed by atoms with E-state index in [0.717, 1.165) is 59.3 Å². The molecule has 0 unspecified atom stereocenters. The minimum atomic E-state index is -0.435. The lowest BCUT2D eigenvalue weighted by Crippen LogP contribution is -2.33. The van der Waals surface area contributed by atoms with E-state index in [0.29, 0.717) is 10.8 Å². The number of rotatable bonds is 3. The number of hydrogen-bond acceptors (Lipinski definition) is 5. The molecule has 0 spiro atoms. The van der Waals surface area contributed by atoms with Crippen molar-refractivity contribution < 1.29 is 9.53 Å². The van der Waals surface area contributed by atoms with Gasteiger partial charge in [0.15, 0.2) is 0 Å². The Hall–Kier alpha value is -3.06. The summed E-state index contributed by atoms with van der Waals surface area (Å²) in [6.07, 6.45) is 6.83. The van der Waals surface area contributed by atoms with Crippen LogP contribution < -0.4 is 5.73 Å². The molecule has 8 heteroatoms. The molecular formula is C23H24ClN5O2. The molecule has 5 rings (SSSR count). The van der Waals surface area contributed by atoms with Gasteiger partial charge in [-0.25, -0.2) is 9.97 Å². The van der Waals surface area contributed by atoms with Gasteiger partial charge in [0.2, 0.25) is 0 Å². The van der Waals surface area contributed by atoms with E-state index in [1.807, 2.05) is 41.8 Å². The molecule has 0 aliphatic heterocycles. The highest BCUT2D eigenvalue weighted by atomic mass is 35.5. The number of hydrogen-bond donors (Lipinski definition) is 2. The number of H-pyrrole nitrogens is 1. The largest absolute Gasteiger partial charge is 0.469 e. The van der Waals surface area contributed by atoms with Crippen LogP contribution in [-0.4, -0.2) is 32.4 Å². The molecule has 1 aromatic carbocycles. The Labute approximate surface area is 184 Å². The number of carbonyl (C=O) groups excluding carboxylic acids is 1. The van der Waals surface area contributed by atoms with E-state index in [4.69, 9.17) is 27.1 Å². The van der Waals surface area contributed by atoms with Crippen LogP contribution in [0.1, 0.15) is 44.3 Å². The number of nitrogens with two attached hydrogens (primary N) is 1. The van der Waals surface area contributed by atoms with Gasteiger partial charge in [-0.2, -0.15) is 0 Å². The number of carbonyl (C=O) groups is 1. The van der Waals surface area contributed by atoms with Crippen molar-refractivity contribution in [2.24, 2.45) is 5.41 Å². The van der Waals surface area contributed by atoms with Crippen molar-refractivity contribution in [1.29, 1.82) is 0 Å². The number of nitrogens with zero attached hydrogens (tertiary/aromatic N) is 3. The second-order valence-corrected chi connectivity index (χ2v) is 8.97. The Kier molecular flexibility index (Phi) is 4.66. The molecule has 1 aliphatic carbocycles. The van der Waals surface area contributed by atoms with Crippen molar-refractivity contribution in [2.75, 3.05) is 12.8 Å². The van der Waals surface area contributed by atoms with Crippen LogP contribution in [0.4, 0.5) is 5.82 Å². The number of fused-ring (bicyclic) bond motifs is 2. The van der Waals surface area contributed by atoms with Gasteiger partial charge in [0.05, 0.1) is 28.8 Å². The molecule has 3 N–H and O–H groups in total. The Bertz CT molecular complexity index is 1300. The number of methoxy groups -OCH3 is 1. The highest BCUT2D eigenvalue weighted by Crippen LogP contribution is 2.44. The lowest BCUT2D eigenvalue weighted by Gasteiger charge is -2.34. The first kappa shape index (κ1) is 19.9. The van der Waals surface area contributed by atoms with Crippen molar-refractivity contribution in [3.05, 3.63) is 47.5 Å². The Morgan fingerprint density at radius 2 is 2.13 bits per heavy atom. The van der Waals surface area contributed by atoms with Gasteiger partial charge in [0, 0.05) is 23.7 Å². The van der Waals surface area contributed by atoms with E-state index >= 15 is 0 Å². The topological polar surface area (TPSA) is 98.3 Å². The molecule has 1 aliphatic rings. The molecule has 0 radical (unpaired) electrons. The molecule has 160 valence electrons. The van der Waals surface area contributed by atoms with Crippen LogP contribution in [0.25, 0.3) is 27.8 Å². The Morgan fingerprint density at radius 3 is 2.84 bits per heavy atom. The third-order valence-corrected chi connectivity index (χ3v) is 6.92. The first-order valence-electron chi connectivity index (χ1n) is 10.4. The van der Waals surface area contributed by atoms with Crippen molar-refractivity contribution >= 4 is 39.8 Å². The fraction of sp³-hybridized carbons (Fsp3) is 0.348. The van der Waals surface area contributed by atoms with E-state index < -0.39 is 5.41 Å². The van der Waals surface area contributed by atoms with Gasteiger partial charge in [0.1, 0.15) is 22.9 Å². The molecule has 1 fully saturated rings. The maximum absolute atomic E-state index is 12.2. The third kappa shape index (κ3) is 3.15. The third-order valence-electron chi connectivity index (χ3n) is 6.60. The molecule has 4 aromatic rings. The number of nitrogens with one attached hydrogen (secondary N) is 1. The number of para-hydroxylation sites is 1. The van der Waals surface area contributed by atoms with Gasteiger partial charge >= 0.3 is 5.97 Å². The Balaban J connectivity index is 1.59. The number of anilines is 1. The SMILES string of the molecule is COC(=O)C1(C)CCC(c2nc(-c3cc4cccc(Cl)c4[nH]3)c3c(N)nccn23)CC1. The average Bonchev–Trinajstić information content (AvgIpc) is 3.37. The molecule has 3 aromatic heterocycles. The van der Waals surface area contributed by atoms with Crippen LogP contribution in [0.5, 0.6) is 0 Å². The molecule has 0 amide bonds. The summed E-state index contributed by atoms with van der Waals surface area (Å²) in [7, 11) is 1.45. The normalized spacial score (nSPS) is 21.6. The molecule has 1 saturated carbocycles. The van der Waals surface area contributed by atoms with E-state index in [1.165, 1.54) is 7.11 Å². The zero-order valence-electron chi connectivity index (χ0n) is 17.5. The fourth-order valence-corrected chi connectivity index (χ4v) is 5.00. The molecular weight excluding hydrogens is 414 g/mol. The van der Waals surface area contributed by atoms with Crippen LogP contribution in [0, 0.1) is 5.41 Å². The van der Waals surface area contributed by atoms with Crippen LogP contribution in [-0.2, 0) is 9.53 Å². The molecule has 0 saturated heterocycles. The number of ether oxygens (including phenoxy) is 1. The van der Waals surface area contributed by atoms with Gasteiger partial charge in [-0.05, 0) is 44.7 Å². The molecule has 3 heterocycles. The fourth-order valence-electron chi connectivity index (χ4n) is 4.77. The highest BCUT2D eigenvalue weighted by molar-refractivity contribution is 6.35. The monoisotopic (exact) mass is 437 g/mol. The predicted molar refractivity (Wildman–Crippen MR) is 121 cm³/mol. The van der Waals surface area contributed by atoms with Gasteiger partial charge in [-0.1, -0.05) is 23.7 Å². The molecule has 0 atom stereocenters. The predicted octanol–water partition coefficient (Wildman–Crippen LogP) is 4.95.